The van der Waals surface area contributed by atoms with Crippen LogP contribution in [0.25, 0.3) is 0 Å². The highest BCUT2D eigenvalue weighted by Gasteiger charge is 2.22. The molecule has 6 heteroatoms. The molecule has 1 fully saturated rings. The zero-order chi connectivity index (χ0) is 15.4. The maximum absolute atomic E-state index is 12.1. The number of rotatable bonds is 4. The summed E-state index contributed by atoms with van der Waals surface area (Å²) in [5, 5.41) is 3.83. The van der Waals surface area contributed by atoms with Crippen molar-refractivity contribution < 1.29 is 14.0 Å². The fourth-order valence-corrected chi connectivity index (χ4v) is 2.32. The number of nitrogens with one attached hydrogen (secondary N) is 1. The number of anilines is 1. The van der Waals surface area contributed by atoms with Gasteiger partial charge in [0, 0.05) is 24.2 Å². The van der Waals surface area contributed by atoms with Gasteiger partial charge < -0.3 is 9.32 Å². The standard InChI is InChI=1S/C16H15N3O3/c20-15-7-2-8-19(15)13-5-1-4-12(10-13)16(21)18-17-11-14-6-3-9-22-14/h1,3-6,9-11H,2,7-8H2,(H,18,21)/b17-11-. The van der Waals surface area contributed by atoms with Gasteiger partial charge in [-0.05, 0) is 36.8 Å². The Morgan fingerprint density at radius 1 is 1.32 bits per heavy atom. The third kappa shape index (κ3) is 3.06. The second kappa shape index (κ2) is 6.26. The van der Waals surface area contributed by atoms with Crippen LogP contribution in [-0.2, 0) is 4.79 Å². The van der Waals surface area contributed by atoms with Gasteiger partial charge in [0.2, 0.25) is 5.91 Å². The number of benzene rings is 1. The summed E-state index contributed by atoms with van der Waals surface area (Å²) >= 11 is 0. The molecule has 2 aromatic rings. The summed E-state index contributed by atoms with van der Waals surface area (Å²) in [5.74, 6) is 0.307. The number of carbonyl (C=O) groups excluding carboxylic acids is 2. The van der Waals surface area contributed by atoms with Gasteiger partial charge in [-0.25, -0.2) is 5.43 Å². The van der Waals surface area contributed by atoms with Crippen LogP contribution in [0, 0.1) is 0 Å². The number of furan rings is 1. The largest absolute Gasteiger partial charge is 0.463 e. The molecule has 0 spiro atoms. The Morgan fingerprint density at radius 3 is 2.95 bits per heavy atom. The summed E-state index contributed by atoms with van der Waals surface area (Å²) < 4.78 is 5.07. The van der Waals surface area contributed by atoms with Crippen molar-refractivity contribution in [2.75, 3.05) is 11.4 Å². The van der Waals surface area contributed by atoms with Gasteiger partial charge in [-0.1, -0.05) is 6.07 Å². The second-order valence-electron chi connectivity index (χ2n) is 4.91. The zero-order valence-corrected chi connectivity index (χ0v) is 11.9. The van der Waals surface area contributed by atoms with Crippen molar-refractivity contribution in [1.29, 1.82) is 0 Å². The molecular formula is C16H15N3O3. The molecule has 1 saturated heterocycles. The van der Waals surface area contributed by atoms with Crippen LogP contribution in [-0.4, -0.2) is 24.6 Å². The van der Waals surface area contributed by atoms with E-state index in [1.807, 2.05) is 6.07 Å². The molecule has 3 rings (SSSR count). The van der Waals surface area contributed by atoms with E-state index >= 15 is 0 Å². The molecule has 1 aliphatic heterocycles. The fraction of sp³-hybridized carbons (Fsp3) is 0.188. The minimum Gasteiger partial charge on any atom is -0.463 e. The summed E-state index contributed by atoms with van der Waals surface area (Å²) in [4.78, 5) is 25.5. The summed E-state index contributed by atoms with van der Waals surface area (Å²) in [6.07, 6.45) is 4.36. The third-order valence-electron chi connectivity index (χ3n) is 3.39. The van der Waals surface area contributed by atoms with Gasteiger partial charge >= 0.3 is 0 Å². The lowest BCUT2D eigenvalue weighted by Crippen LogP contribution is -2.24. The number of hydrogen-bond donors (Lipinski definition) is 1. The maximum Gasteiger partial charge on any atom is 0.271 e. The van der Waals surface area contributed by atoms with Crippen LogP contribution in [0.4, 0.5) is 5.69 Å². The highest BCUT2D eigenvalue weighted by atomic mass is 16.3. The van der Waals surface area contributed by atoms with E-state index in [1.165, 1.54) is 12.5 Å². The summed E-state index contributed by atoms with van der Waals surface area (Å²) in [6.45, 7) is 0.695. The number of hydrogen-bond acceptors (Lipinski definition) is 4. The Balaban J connectivity index is 1.69. The smallest absolute Gasteiger partial charge is 0.271 e. The SMILES string of the molecule is O=C(N/N=C\c1ccco1)c1cccc(N2CCCC2=O)c1. The molecule has 2 amide bonds. The van der Waals surface area contributed by atoms with Gasteiger partial charge in [0.25, 0.3) is 5.91 Å². The fourth-order valence-electron chi connectivity index (χ4n) is 2.32. The lowest BCUT2D eigenvalue weighted by atomic mass is 10.2. The molecule has 0 saturated carbocycles. The summed E-state index contributed by atoms with van der Waals surface area (Å²) in [7, 11) is 0. The van der Waals surface area contributed by atoms with Crippen molar-refractivity contribution in [2.24, 2.45) is 5.10 Å². The third-order valence-corrected chi connectivity index (χ3v) is 3.39. The van der Waals surface area contributed by atoms with E-state index in [9.17, 15) is 9.59 Å². The van der Waals surface area contributed by atoms with Crippen LogP contribution in [0.1, 0.15) is 29.0 Å². The molecule has 6 nitrogen and oxygen atoms in total. The molecule has 1 aromatic carbocycles. The molecule has 2 heterocycles. The molecule has 0 bridgehead atoms. The first-order valence-electron chi connectivity index (χ1n) is 7.01. The van der Waals surface area contributed by atoms with Gasteiger partial charge in [0.05, 0.1) is 12.5 Å². The average Bonchev–Trinajstić information content (AvgIpc) is 3.19. The van der Waals surface area contributed by atoms with Crippen LogP contribution >= 0.6 is 0 Å². The minimum absolute atomic E-state index is 0.0911. The molecule has 1 N–H and O–H groups in total. The van der Waals surface area contributed by atoms with Gasteiger partial charge in [0.15, 0.2) is 0 Å². The van der Waals surface area contributed by atoms with Crippen LogP contribution in [0.3, 0.4) is 0 Å². The first kappa shape index (κ1) is 14.1. The lowest BCUT2D eigenvalue weighted by molar-refractivity contribution is -0.117. The van der Waals surface area contributed by atoms with Crippen molar-refractivity contribution >= 4 is 23.7 Å². The molecule has 0 aliphatic carbocycles. The maximum atomic E-state index is 12.1. The molecule has 22 heavy (non-hydrogen) atoms. The second-order valence-corrected chi connectivity index (χ2v) is 4.91. The topological polar surface area (TPSA) is 74.9 Å². The van der Waals surface area contributed by atoms with Crippen molar-refractivity contribution in [3.63, 3.8) is 0 Å². The Labute approximate surface area is 127 Å². The number of hydrazone groups is 1. The van der Waals surface area contributed by atoms with Crippen molar-refractivity contribution in [3.05, 3.63) is 54.0 Å². The van der Waals surface area contributed by atoms with E-state index in [1.54, 1.807) is 35.2 Å². The molecule has 1 aromatic heterocycles. The van der Waals surface area contributed by atoms with Crippen LogP contribution in [0.2, 0.25) is 0 Å². The molecular weight excluding hydrogens is 282 g/mol. The first-order chi connectivity index (χ1) is 10.7. The van der Waals surface area contributed by atoms with Crippen LogP contribution < -0.4 is 10.3 Å². The van der Waals surface area contributed by atoms with Gasteiger partial charge in [0.1, 0.15) is 5.76 Å². The Bertz CT molecular complexity index is 707. The first-order valence-corrected chi connectivity index (χ1v) is 7.01. The molecule has 0 radical (unpaired) electrons. The molecule has 1 aliphatic rings. The van der Waals surface area contributed by atoms with Crippen molar-refractivity contribution in [3.8, 4) is 0 Å². The van der Waals surface area contributed by atoms with Crippen molar-refractivity contribution in [1.82, 2.24) is 5.43 Å². The molecule has 112 valence electrons. The lowest BCUT2D eigenvalue weighted by Gasteiger charge is -2.16. The number of carbonyl (C=O) groups is 2. The van der Waals surface area contributed by atoms with Crippen molar-refractivity contribution in [2.45, 2.75) is 12.8 Å². The number of nitrogens with zero attached hydrogens (tertiary/aromatic N) is 2. The van der Waals surface area contributed by atoms with E-state index in [2.05, 4.69) is 10.5 Å². The highest BCUT2D eigenvalue weighted by Crippen LogP contribution is 2.22. The quantitative estimate of drug-likeness (QED) is 0.694. The van der Waals surface area contributed by atoms with E-state index in [4.69, 9.17) is 4.42 Å². The highest BCUT2D eigenvalue weighted by molar-refractivity contribution is 5.99. The van der Waals surface area contributed by atoms with Crippen LogP contribution in [0.5, 0.6) is 0 Å². The predicted molar refractivity (Wildman–Crippen MR) is 81.8 cm³/mol. The monoisotopic (exact) mass is 297 g/mol. The molecule has 0 atom stereocenters. The zero-order valence-electron chi connectivity index (χ0n) is 11.9. The van der Waals surface area contributed by atoms with E-state index in [0.29, 0.717) is 24.3 Å². The van der Waals surface area contributed by atoms with Gasteiger partial charge in [-0.3, -0.25) is 9.59 Å². The van der Waals surface area contributed by atoms with Gasteiger partial charge in [-0.15, -0.1) is 0 Å². The average molecular weight is 297 g/mol. The Kier molecular flexibility index (Phi) is 4.00. The van der Waals surface area contributed by atoms with E-state index in [0.717, 1.165) is 12.1 Å². The van der Waals surface area contributed by atoms with E-state index in [-0.39, 0.29) is 11.8 Å². The van der Waals surface area contributed by atoms with Gasteiger partial charge in [-0.2, -0.15) is 5.10 Å². The van der Waals surface area contributed by atoms with E-state index < -0.39 is 0 Å². The minimum atomic E-state index is -0.337. The normalized spacial score (nSPS) is 14.7. The Morgan fingerprint density at radius 2 is 2.23 bits per heavy atom. The van der Waals surface area contributed by atoms with Crippen LogP contribution in [0.15, 0.2) is 52.2 Å². The molecule has 0 unspecified atom stereocenters. The Hall–Kier alpha value is -2.89. The predicted octanol–water partition coefficient (Wildman–Crippen LogP) is 2.17. The summed E-state index contributed by atoms with van der Waals surface area (Å²) in [6, 6.07) is 10.4. The number of amides is 2. The summed E-state index contributed by atoms with van der Waals surface area (Å²) in [5.41, 5.74) is 3.63.